The summed E-state index contributed by atoms with van der Waals surface area (Å²) in [5.74, 6) is -4.09. The average molecular weight is 557 g/mol. The molecule has 2 heterocycles. The summed E-state index contributed by atoms with van der Waals surface area (Å²) in [7, 11) is -4.08. The molecule has 40 heavy (non-hydrogen) atoms. The van der Waals surface area contributed by atoms with Crippen molar-refractivity contribution in [2.45, 2.75) is 44.2 Å². The molecule has 6 rings (SSSR count). The number of carbonyl (C=O) groups is 3. The zero-order valence-electron chi connectivity index (χ0n) is 22.7. The Morgan fingerprint density at radius 1 is 0.775 bits per heavy atom. The number of hydrogen-bond acceptors (Lipinski definition) is 5. The second kappa shape index (κ2) is 9.78. The highest BCUT2D eigenvalue weighted by Crippen LogP contribution is 2.58. The maximum atomic E-state index is 14.5. The number of sulfonamides is 1. The van der Waals surface area contributed by atoms with Gasteiger partial charge in [-0.3, -0.25) is 19.3 Å². The zero-order chi connectivity index (χ0) is 28.3. The van der Waals surface area contributed by atoms with Crippen molar-refractivity contribution < 1.29 is 22.8 Å². The lowest BCUT2D eigenvalue weighted by Crippen LogP contribution is -2.47. The van der Waals surface area contributed by atoms with Crippen LogP contribution < -0.4 is 4.90 Å². The molecule has 3 aromatic carbocycles. The third-order valence-corrected chi connectivity index (χ3v) is 10.7. The van der Waals surface area contributed by atoms with Crippen molar-refractivity contribution in [1.82, 2.24) is 4.31 Å². The highest BCUT2D eigenvalue weighted by atomic mass is 32.2. The highest BCUT2D eigenvalue weighted by molar-refractivity contribution is 7.89. The van der Waals surface area contributed by atoms with Crippen LogP contribution in [-0.2, 0) is 24.4 Å². The first-order chi connectivity index (χ1) is 19.1. The van der Waals surface area contributed by atoms with Gasteiger partial charge in [0.1, 0.15) is 5.78 Å². The minimum Gasteiger partial charge on any atom is -0.299 e. The molecule has 206 valence electrons. The third kappa shape index (κ3) is 3.96. The number of fused-ring (bicyclic) bond motifs is 3. The van der Waals surface area contributed by atoms with Gasteiger partial charge in [-0.2, -0.15) is 4.31 Å². The Morgan fingerprint density at radius 2 is 1.38 bits per heavy atom. The Labute approximate surface area is 234 Å². The van der Waals surface area contributed by atoms with Crippen LogP contribution in [0.3, 0.4) is 0 Å². The fourth-order valence-electron chi connectivity index (χ4n) is 7.23. The highest BCUT2D eigenvalue weighted by Gasteiger charge is 2.67. The minimum atomic E-state index is -4.08. The van der Waals surface area contributed by atoms with Gasteiger partial charge in [0, 0.05) is 18.4 Å². The third-order valence-electron chi connectivity index (χ3n) is 8.84. The average Bonchev–Trinajstić information content (AvgIpc) is 3.43. The number of carbonyl (C=O) groups excluding carboxylic acids is 3. The van der Waals surface area contributed by atoms with Crippen molar-refractivity contribution in [3.63, 3.8) is 0 Å². The fraction of sp³-hybridized carbons (Fsp3) is 0.344. The van der Waals surface area contributed by atoms with Crippen LogP contribution in [0.1, 0.15) is 37.4 Å². The molecule has 0 N–H and O–H groups in total. The molecule has 1 saturated carbocycles. The van der Waals surface area contributed by atoms with Crippen molar-refractivity contribution in [3.05, 3.63) is 96.1 Å². The van der Waals surface area contributed by atoms with Gasteiger partial charge >= 0.3 is 0 Å². The van der Waals surface area contributed by atoms with Gasteiger partial charge in [-0.15, -0.1) is 0 Å². The van der Waals surface area contributed by atoms with E-state index in [2.05, 4.69) is 0 Å². The molecule has 1 aliphatic carbocycles. The standard InChI is InChI=1S/C32H32N2O5S/c1-19(2)29-28-26-24(31(36)33(32(26)37)22-12-8-5-9-13-22)18-25(35)27(28)30(21-10-6-4-7-11-21)34(29)40(38,39)23-16-14-20(3)15-17-23/h4-17,19,24,26-30H,18H2,1-3H3/t24-,26-,27+,28-,29+,30-/m0/s1. The largest absolute Gasteiger partial charge is 0.299 e. The first kappa shape index (κ1) is 26.6. The summed E-state index contributed by atoms with van der Waals surface area (Å²) >= 11 is 0. The summed E-state index contributed by atoms with van der Waals surface area (Å²) in [6.07, 6.45) is -0.0771. The van der Waals surface area contributed by atoms with Crippen molar-refractivity contribution >= 4 is 33.3 Å². The Kier molecular flexibility index (Phi) is 6.50. The summed E-state index contributed by atoms with van der Waals surface area (Å²) < 4.78 is 30.4. The number of nitrogens with zero attached hydrogens (tertiary/aromatic N) is 2. The van der Waals surface area contributed by atoms with E-state index in [1.807, 2.05) is 57.2 Å². The van der Waals surface area contributed by atoms with E-state index in [-0.39, 0.29) is 34.8 Å². The van der Waals surface area contributed by atoms with Gasteiger partial charge in [-0.1, -0.05) is 80.1 Å². The monoisotopic (exact) mass is 556 g/mol. The van der Waals surface area contributed by atoms with Gasteiger partial charge in [0.15, 0.2) is 0 Å². The Bertz CT molecular complexity index is 1570. The van der Waals surface area contributed by atoms with Gasteiger partial charge in [-0.05, 0) is 48.6 Å². The lowest BCUT2D eigenvalue weighted by Gasteiger charge is -2.37. The molecular formula is C32H32N2O5S. The molecule has 0 unspecified atom stereocenters. The predicted molar refractivity (Wildman–Crippen MR) is 151 cm³/mol. The number of benzene rings is 3. The van der Waals surface area contributed by atoms with Gasteiger partial charge in [0.05, 0.1) is 28.5 Å². The van der Waals surface area contributed by atoms with Gasteiger partial charge < -0.3 is 0 Å². The predicted octanol–water partition coefficient (Wildman–Crippen LogP) is 4.78. The number of rotatable bonds is 5. The molecule has 6 atom stereocenters. The van der Waals surface area contributed by atoms with Crippen LogP contribution in [0, 0.1) is 36.5 Å². The normalized spacial score (nSPS) is 28.7. The molecule has 7 nitrogen and oxygen atoms in total. The van der Waals surface area contributed by atoms with Gasteiger partial charge in [-0.25, -0.2) is 8.42 Å². The van der Waals surface area contributed by atoms with Crippen LogP contribution in [0.5, 0.6) is 0 Å². The van der Waals surface area contributed by atoms with Crippen LogP contribution in [0.25, 0.3) is 0 Å². The summed E-state index contributed by atoms with van der Waals surface area (Å²) in [6.45, 7) is 5.75. The van der Waals surface area contributed by atoms with Crippen LogP contribution in [0.2, 0.25) is 0 Å². The van der Waals surface area contributed by atoms with Crippen molar-refractivity contribution in [1.29, 1.82) is 0 Å². The first-order valence-corrected chi connectivity index (χ1v) is 15.2. The van der Waals surface area contributed by atoms with E-state index in [1.54, 1.807) is 48.5 Å². The number of Topliss-reactive ketones (excluding diaryl/α,β-unsaturated/α-hetero) is 1. The number of aryl methyl sites for hydroxylation is 1. The minimum absolute atomic E-state index is 0.0771. The molecule has 3 aliphatic rings. The SMILES string of the molecule is Cc1ccc(S(=O)(=O)N2[C@H](C(C)C)[C@H]3[C@H]4C(=O)N(c5ccccc5)C(=O)[C@H]4CC(=O)[C@H]3[C@@H]2c2ccccc2)cc1. The number of anilines is 1. The number of para-hydroxylation sites is 1. The zero-order valence-corrected chi connectivity index (χ0v) is 23.5. The topological polar surface area (TPSA) is 91.8 Å². The second-order valence-corrected chi connectivity index (χ2v) is 13.3. The van der Waals surface area contributed by atoms with Crippen LogP contribution in [-0.4, -0.2) is 36.4 Å². The molecule has 0 spiro atoms. The lowest BCUT2D eigenvalue weighted by atomic mass is 9.63. The maximum Gasteiger partial charge on any atom is 0.243 e. The van der Waals surface area contributed by atoms with E-state index in [9.17, 15) is 22.8 Å². The van der Waals surface area contributed by atoms with E-state index >= 15 is 0 Å². The number of ketones is 1. The summed E-state index contributed by atoms with van der Waals surface area (Å²) in [4.78, 5) is 43.1. The number of amides is 2. The molecule has 0 aromatic heterocycles. The molecule has 3 fully saturated rings. The molecule has 0 bridgehead atoms. The number of imide groups is 1. The molecule has 2 aliphatic heterocycles. The van der Waals surface area contributed by atoms with E-state index in [0.29, 0.717) is 11.3 Å². The quantitative estimate of drug-likeness (QED) is 0.422. The molecule has 2 saturated heterocycles. The Hall–Kier alpha value is -3.62. The maximum absolute atomic E-state index is 14.5. The molecule has 3 aromatic rings. The van der Waals surface area contributed by atoms with Crippen molar-refractivity contribution in [2.75, 3.05) is 4.90 Å². The smallest absolute Gasteiger partial charge is 0.243 e. The van der Waals surface area contributed by atoms with Crippen molar-refractivity contribution in [2.24, 2.45) is 29.6 Å². The molecule has 0 radical (unpaired) electrons. The van der Waals surface area contributed by atoms with Crippen LogP contribution in [0.4, 0.5) is 5.69 Å². The molecule has 8 heteroatoms. The van der Waals surface area contributed by atoms with Crippen LogP contribution >= 0.6 is 0 Å². The number of hydrogen-bond donors (Lipinski definition) is 0. The summed E-state index contributed by atoms with van der Waals surface area (Å²) in [6, 6.07) is 23.2. The molecule has 2 amide bonds. The Morgan fingerprint density at radius 3 is 1.98 bits per heavy atom. The van der Waals surface area contributed by atoms with Gasteiger partial charge in [0.25, 0.3) is 0 Å². The van der Waals surface area contributed by atoms with E-state index in [1.165, 1.54) is 9.21 Å². The summed E-state index contributed by atoms with van der Waals surface area (Å²) in [5, 5.41) is 0. The second-order valence-electron chi connectivity index (χ2n) is 11.5. The van der Waals surface area contributed by atoms with Crippen LogP contribution in [0.15, 0.2) is 89.8 Å². The first-order valence-electron chi connectivity index (χ1n) is 13.7. The van der Waals surface area contributed by atoms with Gasteiger partial charge in [0.2, 0.25) is 21.8 Å². The van der Waals surface area contributed by atoms with E-state index < -0.39 is 45.8 Å². The Balaban J connectivity index is 1.54. The lowest BCUT2D eigenvalue weighted by molar-refractivity contribution is -0.137. The summed E-state index contributed by atoms with van der Waals surface area (Å²) in [5.41, 5.74) is 2.11. The fourth-order valence-corrected chi connectivity index (χ4v) is 9.21. The molecular weight excluding hydrogens is 524 g/mol. The van der Waals surface area contributed by atoms with Crippen molar-refractivity contribution in [3.8, 4) is 0 Å². The van der Waals surface area contributed by atoms with E-state index in [4.69, 9.17) is 0 Å². The van der Waals surface area contributed by atoms with E-state index in [0.717, 1.165) is 5.56 Å².